The van der Waals surface area contributed by atoms with Crippen LogP contribution in [-0.2, 0) is 14.4 Å². The summed E-state index contributed by atoms with van der Waals surface area (Å²) in [4.78, 5) is 36.9. The average molecular weight is 428 g/mol. The second kappa shape index (κ2) is 15.0. The average Bonchev–Trinajstić information content (AvgIpc) is 2.68. The van der Waals surface area contributed by atoms with Crippen LogP contribution in [-0.4, -0.2) is 57.3 Å². The van der Waals surface area contributed by atoms with E-state index in [0.29, 0.717) is 25.7 Å². The van der Waals surface area contributed by atoms with Crippen molar-refractivity contribution in [2.45, 2.75) is 110 Å². The molecular weight excluding hydrogens is 386 g/mol. The smallest absolute Gasteiger partial charge is 0.362 e. The van der Waals surface area contributed by atoms with E-state index in [2.05, 4.69) is 6.08 Å². The summed E-state index contributed by atoms with van der Waals surface area (Å²) in [6.07, 6.45) is 9.40. The zero-order chi connectivity index (χ0) is 23.2. The van der Waals surface area contributed by atoms with E-state index in [0.717, 1.165) is 19.3 Å². The van der Waals surface area contributed by atoms with Crippen molar-refractivity contribution in [3.05, 3.63) is 12.2 Å². The minimum Gasteiger partial charge on any atom is -0.544 e. The van der Waals surface area contributed by atoms with Gasteiger partial charge in [-0.25, -0.2) is 9.59 Å². The number of quaternary nitrogens is 1. The van der Waals surface area contributed by atoms with Crippen LogP contribution in [0.3, 0.4) is 0 Å². The van der Waals surface area contributed by atoms with E-state index >= 15 is 0 Å². The highest BCUT2D eigenvalue weighted by Crippen LogP contribution is 2.34. The third-order valence-electron chi connectivity index (χ3n) is 5.92. The highest BCUT2D eigenvalue weighted by Gasteiger charge is 2.54. The fraction of sp³-hybridized carbons (Fsp3) is 0.783. The first kappa shape index (κ1) is 28.1. The lowest BCUT2D eigenvalue weighted by molar-refractivity contribution is -0.975. The summed E-state index contributed by atoms with van der Waals surface area (Å²) in [6.45, 7) is 7.66. The maximum Gasteiger partial charge on any atom is 0.362 e. The van der Waals surface area contributed by atoms with E-state index in [4.69, 9.17) is 0 Å². The first-order valence-electron chi connectivity index (χ1n) is 11.4. The Morgan fingerprint density at radius 1 is 0.833 bits per heavy atom. The lowest BCUT2D eigenvalue weighted by Crippen LogP contribution is -2.74. The van der Waals surface area contributed by atoms with Gasteiger partial charge in [-0.2, -0.15) is 0 Å². The Morgan fingerprint density at radius 2 is 1.30 bits per heavy atom. The third kappa shape index (κ3) is 7.74. The summed E-state index contributed by atoms with van der Waals surface area (Å²) in [6, 6.07) is -3.34. The summed E-state index contributed by atoms with van der Waals surface area (Å²) in [5.74, 6) is -3.61. The molecule has 0 spiro atoms. The number of carbonyl (C=O) groups excluding carboxylic acids is 1. The largest absolute Gasteiger partial charge is 0.544 e. The molecule has 0 aliphatic rings. The molecule has 0 amide bonds. The van der Waals surface area contributed by atoms with Crippen molar-refractivity contribution >= 4 is 17.9 Å². The van der Waals surface area contributed by atoms with Gasteiger partial charge in [-0.1, -0.05) is 39.3 Å². The highest BCUT2D eigenvalue weighted by molar-refractivity contribution is 5.77. The normalized spacial score (nSPS) is 16.7. The standard InChI is InChI=1S/C23H41NO6/c1-5-9-10-11-12-13-17-24(18(14-6-2)21(25)26,19(15-7-3)22(27)28)20(16-8-4)23(29)30/h5,9,18-20H,6-8,10-17H2,1-4H3,(H2-,25,26,27,28,29,30)/b9-5+. The molecule has 0 rings (SSSR count). The van der Waals surface area contributed by atoms with Crippen LogP contribution in [0.5, 0.6) is 0 Å². The number of allylic oxidation sites excluding steroid dienone is 2. The lowest BCUT2D eigenvalue weighted by Gasteiger charge is -2.52. The molecule has 0 aliphatic carbocycles. The molecule has 0 saturated heterocycles. The van der Waals surface area contributed by atoms with Gasteiger partial charge >= 0.3 is 11.9 Å². The van der Waals surface area contributed by atoms with Gasteiger partial charge < -0.3 is 20.1 Å². The van der Waals surface area contributed by atoms with Crippen LogP contribution in [0.25, 0.3) is 0 Å². The first-order chi connectivity index (χ1) is 14.2. The van der Waals surface area contributed by atoms with Crippen molar-refractivity contribution in [3.63, 3.8) is 0 Å². The fourth-order valence-electron chi connectivity index (χ4n) is 4.62. The molecule has 7 heteroatoms. The van der Waals surface area contributed by atoms with E-state index < -0.39 is 40.5 Å². The van der Waals surface area contributed by atoms with Gasteiger partial charge in [0.1, 0.15) is 6.04 Å². The van der Waals surface area contributed by atoms with Gasteiger partial charge in [0.15, 0.2) is 12.1 Å². The molecule has 0 fully saturated rings. The first-order valence-corrected chi connectivity index (χ1v) is 11.4. The number of hydrogen-bond acceptors (Lipinski definition) is 4. The topological polar surface area (TPSA) is 115 Å². The Hall–Kier alpha value is -1.89. The van der Waals surface area contributed by atoms with Crippen LogP contribution in [0.2, 0.25) is 0 Å². The molecule has 30 heavy (non-hydrogen) atoms. The molecule has 7 nitrogen and oxygen atoms in total. The summed E-state index contributed by atoms with van der Waals surface area (Å²) < 4.78 is -0.452. The third-order valence-corrected chi connectivity index (χ3v) is 5.92. The number of carboxylic acids is 3. The summed E-state index contributed by atoms with van der Waals surface area (Å²) >= 11 is 0. The van der Waals surface area contributed by atoms with Gasteiger partial charge in [-0.3, -0.25) is 4.48 Å². The van der Waals surface area contributed by atoms with E-state index in [1.54, 1.807) is 0 Å². The zero-order valence-corrected chi connectivity index (χ0v) is 19.1. The molecule has 0 saturated carbocycles. The molecular formula is C23H41NO6. The zero-order valence-electron chi connectivity index (χ0n) is 19.1. The highest BCUT2D eigenvalue weighted by atomic mass is 16.4. The number of hydrogen-bond donors (Lipinski definition) is 2. The Bertz CT molecular complexity index is 500. The Morgan fingerprint density at radius 3 is 1.67 bits per heavy atom. The van der Waals surface area contributed by atoms with Gasteiger partial charge in [0.25, 0.3) is 0 Å². The Labute approximate surface area is 181 Å². The van der Waals surface area contributed by atoms with Crippen molar-refractivity contribution in [2.24, 2.45) is 0 Å². The van der Waals surface area contributed by atoms with E-state index in [1.807, 2.05) is 33.8 Å². The molecule has 3 atom stereocenters. The monoisotopic (exact) mass is 427 g/mol. The molecule has 0 bridgehead atoms. The van der Waals surface area contributed by atoms with E-state index in [-0.39, 0.29) is 25.8 Å². The number of unbranched alkanes of at least 4 members (excludes halogenated alkanes) is 3. The predicted octanol–water partition coefficient (Wildman–Crippen LogP) is 3.36. The van der Waals surface area contributed by atoms with Crippen LogP contribution in [0.1, 0.15) is 91.9 Å². The van der Waals surface area contributed by atoms with Gasteiger partial charge in [-0.15, -0.1) is 0 Å². The maximum atomic E-state index is 12.3. The van der Waals surface area contributed by atoms with Crippen LogP contribution in [0, 0.1) is 0 Å². The number of rotatable bonds is 18. The molecule has 2 N–H and O–H groups in total. The second-order valence-electron chi connectivity index (χ2n) is 8.05. The molecule has 174 valence electrons. The van der Waals surface area contributed by atoms with Gasteiger partial charge in [0, 0.05) is 19.3 Å². The summed E-state index contributed by atoms with van der Waals surface area (Å²) in [5.41, 5.74) is 0. The van der Waals surface area contributed by atoms with E-state index in [1.165, 1.54) is 0 Å². The van der Waals surface area contributed by atoms with Crippen LogP contribution < -0.4 is 5.11 Å². The molecule has 0 aromatic rings. The molecule has 0 heterocycles. The molecule has 0 radical (unpaired) electrons. The Kier molecular flexibility index (Phi) is 14.0. The SMILES string of the molecule is C/C=C/CCCCC[N+](C(CCC)C(=O)[O-])(C(CCC)C(=O)O)C(CCC)C(=O)O. The van der Waals surface area contributed by atoms with Crippen LogP contribution in [0.15, 0.2) is 12.2 Å². The molecule has 0 aliphatic heterocycles. The predicted molar refractivity (Wildman–Crippen MR) is 115 cm³/mol. The number of carboxylic acid groups (broad SMARTS) is 3. The van der Waals surface area contributed by atoms with Crippen molar-refractivity contribution < 1.29 is 34.2 Å². The minimum absolute atomic E-state index is 0.196. The fourth-order valence-corrected chi connectivity index (χ4v) is 4.62. The quantitative estimate of drug-likeness (QED) is 0.197. The molecule has 0 aromatic heterocycles. The number of nitrogens with zero attached hydrogens (tertiary/aromatic N) is 1. The van der Waals surface area contributed by atoms with Gasteiger partial charge in [0.05, 0.1) is 12.5 Å². The van der Waals surface area contributed by atoms with Crippen molar-refractivity contribution in [3.8, 4) is 0 Å². The van der Waals surface area contributed by atoms with Crippen molar-refractivity contribution in [1.82, 2.24) is 0 Å². The Balaban J connectivity index is 6.44. The number of carbonyl (C=O) groups is 3. The van der Waals surface area contributed by atoms with Crippen LogP contribution >= 0.6 is 0 Å². The molecule has 0 aromatic carbocycles. The number of aliphatic carboxylic acids is 3. The van der Waals surface area contributed by atoms with Gasteiger partial charge in [-0.05, 0) is 45.4 Å². The minimum atomic E-state index is -1.35. The van der Waals surface area contributed by atoms with Gasteiger partial charge in [0.2, 0.25) is 0 Å². The van der Waals surface area contributed by atoms with Crippen molar-refractivity contribution in [1.29, 1.82) is 0 Å². The summed E-state index contributed by atoms with van der Waals surface area (Å²) in [7, 11) is 0. The molecule has 3 unspecified atom stereocenters. The summed E-state index contributed by atoms with van der Waals surface area (Å²) in [5, 5.41) is 32.4. The lowest BCUT2D eigenvalue weighted by atomic mass is 9.91. The maximum absolute atomic E-state index is 12.3. The van der Waals surface area contributed by atoms with E-state index in [9.17, 15) is 29.7 Å². The van der Waals surface area contributed by atoms with Crippen molar-refractivity contribution in [2.75, 3.05) is 6.54 Å². The van der Waals surface area contributed by atoms with Crippen LogP contribution in [0.4, 0.5) is 0 Å². The second-order valence-corrected chi connectivity index (χ2v) is 8.05.